The maximum atomic E-state index is 12.7. The molecular weight excluding hydrogens is 526 g/mol. The number of aryl methyl sites for hydroxylation is 2. The zero-order valence-corrected chi connectivity index (χ0v) is 24.6. The molecule has 1 saturated heterocycles. The number of carbonyl (C=O) groups excluding carboxylic acids is 2. The fourth-order valence-corrected chi connectivity index (χ4v) is 5.29. The van der Waals surface area contributed by atoms with Gasteiger partial charge >= 0.3 is 0 Å². The summed E-state index contributed by atoms with van der Waals surface area (Å²) in [6.45, 7) is 10.8. The summed E-state index contributed by atoms with van der Waals surface area (Å²) in [4.78, 5) is 37.8. The largest absolute Gasteiger partial charge is 0.375 e. The minimum Gasteiger partial charge on any atom is -0.375 e. The number of Topliss-reactive ketones (excluding diaryl/α,β-unsaturated/α-hetero) is 1. The lowest BCUT2D eigenvalue weighted by molar-refractivity contribution is -0.112. The average molecular weight is 566 g/mol. The molecule has 1 atom stereocenters. The molecule has 2 aromatic heterocycles. The molecule has 8 nitrogen and oxygen atoms in total. The normalized spacial score (nSPS) is 14.1. The van der Waals surface area contributed by atoms with Crippen LogP contribution in [0.2, 0.25) is 0 Å². The number of hydrogen-bond donors (Lipinski definition) is 2. The maximum Gasteiger partial charge on any atom is 0.298 e. The first kappa shape index (κ1) is 29.1. The van der Waals surface area contributed by atoms with Gasteiger partial charge in [-0.05, 0) is 85.8 Å². The van der Waals surface area contributed by atoms with Gasteiger partial charge in [0.05, 0.1) is 12.3 Å². The maximum absolute atomic E-state index is 12.7. The van der Waals surface area contributed by atoms with Crippen LogP contribution in [-0.4, -0.2) is 54.4 Å². The van der Waals surface area contributed by atoms with Crippen LogP contribution >= 0.6 is 0 Å². The molecule has 1 aliphatic heterocycles. The topological polar surface area (TPSA) is 90.6 Å². The number of amides is 1. The third-order valence-electron chi connectivity index (χ3n) is 7.70. The number of carbonyl (C=O) groups is 2. The number of H-pyrrole nitrogens is 1. The van der Waals surface area contributed by atoms with Crippen molar-refractivity contribution in [3.8, 4) is 0 Å². The van der Waals surface area contributed by atoms with Gasteiger partial charge in [-0.2, -0.15) is 0 Å². The predicted molar refractivity (Wildman–Crippen MR) is 167 cm³/mol. The molecule has 1 unspecified atom stereocenters. The number of pyridine rings is 1. The monoisotopic (exact) mass is 565 g/mol. The van der Waals surface area contributed by atoms with Gasteiger partial charge in [0.25, 0.3) is 11.7 Å². The SMILES string of the molecule is Cc1cc(C)nc(N2CCN(c3ccc(NC(=O)C(=O)c4ccc(COCCC(C)c5ccccc5)[nH]4)cc3)CC2)c1. The van der Waals surface area contributed by atoms with Crippen molar-refractivity contribution >= 4 is 28.9 Å². The van der Waals surface area contributed by atoms with E-state index >= 15 is 0 Å². The lowest BCUT2D eigenvalue weighted by Crippen LogP contribution is -2.46. The van der Waals surface area contributed by atoms with Crippen molar-refractivity contribution in [3.63, 3.8) is 0 Å². The second kappa shape index (κ2) is 13.5. The van der Waals surface area contributed by atoms with E-state index in [1.807, 2.05) is 49.4 Å². The third kappa shape index (κ3) is 7.44. The van der Waals surface area contributed by atoms with Crippen LogP contribution in [0.3, 0.4) is 0 Å². The summed E-state index contributed by atoms with van der Waals surface area (Å²) < 4.78 is 5.81. The van der Waals surface area contributed by atoms with E-state index in [0.717, 1.165) is 55.5 Å². The molecule has 218 valence electrons. The molecule has 0 spiro atoms. The van der Waals surface area contributed by atoms with Gasteiger partial charge in [-0.15, -0.1) is 0 Å². The minimum absolute atomic E-state index is 0.247. The van der Waals surface area contributed by atoms with Gasteiger partial charge in [0.2, 0.25) is 0 Å². The number of ether oxygens (including phenoxy) is 1. The molecule has 0 bridgehead atoms. The molecule has 2 aromatic carbocycles. The van der Waals surface area contributed by atoms with Crippen LogP contribution in [0.5, 0.6) is 0 Å². The van der Waals surface area contributed by atoms with Crippen LogP contribution < -0.4 is 15.1 Å². The number of rotatable bonds is 11. The minimum atomic E-state index is -0.677. The molecule has 0 aliphatic carbocycles. The van der Waals surface area contributed by atoms with E-state index < -0.39 is 11.7 Å². The van der Waals surface area contributed by atoms with E-state index in [4.69, 9.17) is 9.72 Å². The number of ketones is 1. The smallest absolute Gasteiger partial charge is 0.298 e. The third-order valence-corrected chi connectivity index (χ3v) is 7.70. The highest BCUT2D eigenvalue weighted by molar-refractivity contribution is 6.46. The van der Waals surface area contributed by atoms with Crippen molar-refractivity contribution in [2.75, 3.05) is 47.9 Å². The molecule has 1 aliphatic rings. The van der Waals surface area contributed by atoms with Crippen molar-refractivity contribution < 1.29 is 14.3 Å². The van der Waals surface area contributed by atoms with Crippen LogP contribution in [0.1, 0.15) is 52.3 Å². The molecule has 1 amide bonds. The summed E-state index contributed by atoms with van der Waals surface area (Å²) >= 11 is 0. The molecule has 1 fully saturated rings. The number of aromatic nitrogens is 2. The highest BCUT2D eigenvalue weighted by Crippen LogP contribution is 2.23. The van der Waals surface area contributed by atoms with Crippen LogP contribution in [0.4, 0.5) is 17.2 Å². The van der Waals surface area contributed by atoms with E-state index in [9.17, 15) is 9.59 Å². The number of piperazine rings is 1. The fraction of sp³-hybridized carbons (Fsp3) is 0.324. The van der Waals surface area contributed by atoms with Gasteiger partial charge in [0.1, 0.15) is 5.82 Å². The summed E-state index contributed by atoms with van der Waals surface area (Å²) in [5.41, 5.74) is 6.22. The highest BCUT2D eigenvalue weighted by Gasteiger charge is 2.20. The standard InChI is InChI=1S/C34H39N5O3/c1-24-21-26(3)35-32(22-24)39-18-16-38(17-19-39)30-12-9-28(10-13-30)37-34(41)33(40)31-14-11-29(36-31)23-42-20-15-25(2)27-7-5-4-6-8-27/h4-14,21-22,25,36H,15-20,23H2,1-3H3,(H,37,41). The molecule has 5 rings (SSSR count). The summed E-state index contributed by atoms with van der Waals surface area (Å²) in [5, 5.41) is 2.72. The predicted octanol–water partition coefficient (Wildman–Crippen LogP) is 5.88. The van der Waals surface area contributed by atoms with Crippen molar-refractivity contribution in [1.29, 1.82) is 0 Å². The molecular formula is C34H39N5O3. The number of benzene rings is 2. The van der Waals surface area contributed by atoms with Gasteiger partial charge in [0, 0.05) is 55.5 Å². The number of hydrogen-bond acceptors (Lipinski definition) is 6. The quantitative estimate of drug-likeness (QED) is 0.134. The lowest BCUT2D eigenvalue weighted by Gasteiger charge is -2.37. The van der Waals surface area contributed by atoms with Gasteiger partial charge in [-0.3, -0.25) is 9.59 Å². The second-order valence-corrected chi connectivity index (χ2v) is 11.0. The Hall–Kier alpha value is -4.43. The van der Waals surface area contributed by atoms with E-state index in [2.05, 4.69) is 58.2 Å². The Kier molecular flexibility index (Phi) is 9.34. The first-order valence-corrected chi connectivity index (χ1v) is 14.6. The summed E-state index contributed by atoms with van der Waals surface area (Å²) in [6.07, 6.45) is 0.901. The van der Waals surface area contributed by atoms with Crippen LogP contribution in [0.15, 0.2) is 78.9 Å². The summed E-state index contributed by atoms with van der Waals surface area (Å²) in [6, 6.07) is 25.6. The Morgan fingerprint density at radius 1 is 0.929 bits per heavy atom. The average Bonchev–Trinajstić information content (AvgIpc) is 3.48. The van der Waals surface area contributed by atoms with Crippen LogP contribution in [-0.2, 0) is 16.1 Å². The van der Waals surface area contributed by atoms with Crippen LogP contribution in [0.25, 0.3) is 0 Å². The zero-order valence-electron chi connectivity index (χ0n) is 24.6. The lowest BCUT2D eigenvalue weighted by atomic mass is 9.98. The van der Waals surface area contributed by atoms with Gasteiger partial charge < -0.3 is 24.8 Å². The van der Waals surface area contributed by atoms with Crippen molar-refractivity contribution in [2.24, 2.45) is 0 Å². The summed E-state index contributed by atoms with van der Waals surface area (Å²) in [7, 11) is 0. The molecule has 0 saturated carbocycles. The van der Waals surface area contributed by atoms with E-state index in [1.165, 1.54) is 11.1 Å². The van der Waals surface area contributed by atoms with E-state index in [-0.39, 0.29) is 5.69 Å². The first-order chi connectivity index (χ1) is 20.4. The summed E-state index contributed by atoms with van der Waals surface area (Å²) in [5.74, 6) is 0.147. The molecule has 8 heteroatoms. The van der Waals surface area contributed by atoms with E-state index in [0.29, 0.717) is 24.8 Å². The second-order valence-electron chi connectivity index (χ2n) is 11.0. The molecule has 42 heavy (non-hydrogen) atoms. The number of anilines is 3. The Morgan fingerprint density at radius 2 is 1.64 bits per heavy atom. The molecule has 0 radical (unpaired) electrons. The first-order valence-electron chi connectivity index (χ1n) is 14.6. The van der Waals surface area contributed by atoms with Crippen molar-refractivity contribution in [2.45, 2.75) is 39.7 Å². The van der Waals surface area contributed by atoms with Gasteiger partial charge in [-0.1, -0.05) is 37.3 Å². The zero-order chi connectivity index (χ0) is 29.5. The number of nitrogens with one attached hydrogen (secondary N) is 2. The highest BCUT2D eigenvalue weighted by atomic mass is 16.5. The number of aromatic amines is 1. The number of nitrogens with zero attached hydrogens (tertiary/aromatic N) is 3. The van der Waals surface area contributed by atoms with Crippen molar-refractivity contribution in [1.82, 2.24) is 9.97 Å². The molecule has 2 N–H and O–H groups in total. The molecule has 3 heterocycles. The van der Waals surface area contributed by atoms with Crippen molar-refractivity contribution in [3.05, 3.63) is 107 Å². The Balaban J connectivity index is 1.06. The Bertz CT molecular complexity index is 1470. The molecule has 4 aromatic rings. The fourth-order valence-electron chi connectivity index (χ4n) is 5.29. The van der Waals surface area contributed by atoms with Gasteiger partial charge in [0.15, 0.2) is 0 Å². The van der Waals surface area contributed by atoms with Gasteiger partial charge in [-0.25, -0.2) is 4.98 Å². The van der Waals surface area contributed by atoms with E-state index in [1.54, 1.807) is 12.1 Å². The Morgan fingerprint density at radius 3 is 2.36 bits per heavy atom. The Labute approximate surface area is 247 Å². The van der Waals surface area contributed by atoms with Crippen LogP contribution in [0, 0.1) is 13.8 Å².